The van der Waals surface area contributed by atoms with E-state index in [1.807, 2.05) is 19.0 Å². The van der Waals surface area contributed by atoms with Crippen molar-refractivity contribution in [1.82, 2.24) is 9.80 Å². The average Bonchev–Trinajstić information content (AvgIpc) is 3.90. The molecule has 0 aromatic carbocycles. The van der Waals surface area contributed by atoms with Gasteiger partial charge in [0.15, 0.2) is 0 Å². The van der Waals surface area contributed by atoms with Crippen LogP contribution in [0.2, 0.25) is 0 Å². The lowest BCUT2D eigenvalue weighted by molar-refractivity contribution is -0.151. The van der Waals surface area contributed by atoms with Crippen LogP contribution in [0.5, 0.6) is 0 Å². The van der Waals surface area contributed by atoms with E-state index < -0.39 is 0 Å². The summed E-state index contributed by atoms with van der Waals surface area (Å²) in [5.74, 6) is 5.70. The van der Waals surface area contributed by atoms with Crippen molar-refractivity contribution in [2.45, 2.75) is 245 Å². The molecular weight excluding hydrogens is 1040 g/mol. The maximum absolute atomic E-state index is 13.6. The highest BCUT2D eigenvalue weighted by molar-refractivity contribution is 14.1. The number of rotatable bonds is 25. The van der Waals surface area contributed by atoms with Gasteiger partial charge >= 0.3 is 11.9 Å². The Hall–Kier alpha value is -2.20. The molecule has 7 aliphatic rings. The van der Waals surface area contributed by atoms with Crippen molar-refractivity contribution < 1.29 is 23.9 Å². The van der Waals surface area contributed by atoms with Crippen molar-refractivity contribution >= 4 is 40.4 Å². The van der Waals surface area contributed by atoms with E-state index >= 15 is 0 Å². The van der Waals surface area contributed by atoms with E-state index in [1.165, 1.54) is 113 Å². The van der Waals surface area contributed by atoms with E-state index in [0.29, 0.717) is 67.4 Å². The SMILES string of the molecule is C=C1CCC(OC(=O)CCCCN(CCC(=O)OC2CCC3(C)C(=CC=C4C3CCC3(C)C4CCC3C(C)CCCC(C)C)C2)C(=O)CCCN(C)C)C/C1=C/C=C1\CCCC2(C)C1CCC2C(C)CCCC(C)I. The van der Waals surface area contributed by atoms with Crippen molar-refractivity contribution in [1.29, 1.82) is 0 Å². The van der Waals surface area contributed by atoms with Gasteiger partial charge in [-0.15, -0.1) is 0 Å². The molecule has 7 nitrogen and oxygen atoms in total. The Kier molecular flexibility index (Phi) is 22.0. The number of alkyl halides is 1. The van der Waals surface area contributed by atoms with Crippen molar-refractivity contribution in [3.05, 3.63) is 58.7 Å². The molecule has 0 bridgehead atoms. The lowest BCUT2D eigenvalue weighted by Crippen LogP contribution is -2.47. The van der Waals surface area contributed by atoms with E-state index in [1.54, 1.807) is 11.1 Å². The number of hydrogen-bond acceptors (Lipinski definition) is 6. The molecule has 0 aliphatic heterocycles. The Morgan fingerprint density at radius 1 is 0.667 bits per heavy atom. The summed E-state index contributed by atoms with van der Waals surface area (Å²) in [5, 5.41) is 0. The Balaban J connectivity index is 0.866. The fraction of sp³-hybridized carbons (Fsp3) is 0.806. The molecule has 0 saturated heterocycles. The lowest BCUT2D eigenvalue weighted by atomic mass is 9.50. The summed E-state index contributed by atoms with van der Waals surface area (Å²) >= 11 is 2.57. The first kappa shape index (κ1) is 60.4. The first-order chi connectivity index (χ1) is 35.7. The Bertz CT molecular complexity index is 2080. The quantitative estimate of drug-likeness (QED) is 0.0392. The van der Waals surface area contributed by atoms with Crippen LogP contribution < -0.4 is 0 Å². The van der Waals surface area contributed by atoms with E-state index in [-0.39, 0.29) is 41.9 Å². The second-order valence-electron chi connectivity index (χ2n) is 27.4. The van der Waals surface area contributed by atoms with Crippen LogP contribution in [0.25, 0.3) is 0 Å². The van der Waals surface area contributed by atoms with Crippen LogP contribution in [0, 0.1) is 63.6 Å². The van der Waals surface area contributed by atoms with E-state index in [9.17, 15) is 14.4 Å². The molecule has 6 fully saturated rings. The van der Waals surface area contributed by atoms with Crippen LogP contribution in [-0.2, 0) is 23.9 Å². The Morgan fingerprint density at radius 3 is 2.03 bits per heavy atom. The highest BCUT2D eigenvalue weighted by Crippen LogP contribution is 2.66. The number of halogens is 1. The molecule has 7 aliphatic carbocycles. The fourth-order valence-corrected chi connectivity index (χ4v) is 17.5. The Morgan fingerprint density at radius 2 is 1.33 bits per heavy atom. The van der Waals surface area contributed by atoms with Crippen molar-refractivity contribution in [3.8, 4) is 0 Å². The van der Waals surface area contributed by atoms with Gasteiger partial charge in [-0.2, -0.15) is 0 Å². The van der Waals surface area contributed by atoms with E-state index in [0.717, 1.165) is 85.0 Å². The average molecular weight is 1150 g/mol. The standard InChI is InChI=1S/C67H107IN2O5/c1-46(2)18-14-19-48(4)58-32-34-60-56-30-28-53-45-55(35-39-65(53,7)61(56)36-40-67(58,60)9)75-64(73)37-43-70(62(71)23-17-41-69(10)11)42-13-12-24-63(72)74-54-29-25-47(3)52(44-54)27-26-51-22-16-38-66(8)57(31-33-59(51)66)49(5)20-15-21-50(6)68/h26-28,30,46,48-50,54-55,57-61H,3,12-25,29,31-45H2,1-2,4-11H3/b51-26+,52-27-. The second-order valence-corrected chi connectivity index (χ2v) is 29.6. The third-order valence-electron chi connectivity index (χ3n) is 21.5. The van der Waals surface area contributed by atoms with Gasteiger partial charge < -0.3 is 19.3 Å². The van der Waals surface area contributed by atoms with Crippen molar-refractivity contribution in [2.24, 2.45) is 63.6 Å². The molecule has 6 saturated carbocycles. The zero-order chi connectivity index (χ0) is 54.1. The van der Waals surface area contributed by atoms with Gasteiger partial charge in [0.05, 0.1) is 6.42 Å². The van der Waals surface area contributed by atoms with Crippen LogP contribution >= 0.6 is 22.6 Å². The minimum atomic E-state index is -0.208. The molecule has 0 aromatic heterocycles. The highest BCUT2D eigenvalue weighted by Gasteiger charge is 2.57. The second kappa shape index (κ2) is 27.3. The van der Waals surface area contributed by atoms with Crippen molar-refractivity contribution in [3.63, 3.8) is 0 Å². The predicted molar refractivity (Wildman–Crippen MR) is 319 cm³/mol. The van der Waals surface area contributed by atoms with Gasteiger partial charge in [-0.25, -0.2) is 0 Å². The molecule has 0 aromatic rings. The predicted octanol–water partition coefficient (Wildman–Crippen LogP) is 16.9. The van der Waals surface area contributed by atoms with E-state index in [2.05, 4.69) is 114 Å². The summed E-state index contributed by atoms with van der Waals surface area (Å²) in [7, 11) is 4.06. The molecular formula is C67H107IN2O5. The van der Waals surface area contributed by atoms with Gasteiger partial charge in [0.25, 0.3) is 0 Å². The third-order valence-corrected chi connectivity index (χ3v) is 22.1. The smallest absolute Gasteiger partial charge is 0.307 e. The fourth-order valence-electron chi connectivity index (χ4n) is 17.1. The number of allylic oxidation sites excluding steroid dienone is 7. The summed E-state index contributed by atoms with van der Waals surface area (Å²) in [4.78, 5) is 44.5. The largest absolute Gasteiger partial charge is 0.462 e. The van der Waals surface area contributed by atoms with Crippen LogP contribution in [0.1, 0.15) is 229 Å². The number of ether oxygens (including phenoxy) is 2. The zero-order valence-corrected chi connectivity index (χ0v) is 51.6. The lowest BCUT2D eigenvalue weighted by Gasteiger charge is -2.55. The summed E-state index contributed by atoms with van der Waals surface area (Å²) in [5.41, 5.74) is 8.21. The highest BCUT2D eigenvalue weighted by atomic mass is 127. The van der Waals surface area contributed by atoms with Gasteiger partial charge in [0.1, 0.15) is 12.2 Å². The minimum Gasteiger partial charge on any atom is -0.462 e. The molecule has 0 radical (unpaired) electrons. The molecule has 0 heterocycles. The number of carbonyl (C=O) groups is 3. The molecule has 0 spiro atoms. The van der Waals surface area contributed by atoms with Gasteiger partial charge in [-0.1, -0.05) is 163 Å². The van der Waals surface area contributed by atoms with Crippen LogP contribution in [0.15, 0.2) is 58.7 Å². The summed E-state index contributed by atoms with van der Waals surface area (Å²) in [6.07, 6.45) is 37.6. The third kappa shape index (κ3) is 15.2. The number of fused-ring (bicyclic) bond motifs is 6. The van der Waals surface area contributed by atoms with Crippen molar-refractivity contribution in [2.75, 3.05) is 33.7 Å². The van der Waals surface area contributed by atoms with Gasteiger partial charge in [0.2, 0.25) is 5.91 Å². The number of esters is 2. The maximum atomic E-state index is 13.6. The van der Waals surface area contributed by atoms with Crippen LogP contribution in [0.4, 0.5) is 0 Å². The molecule has 13 unspecified atom stereocenters. The molecule has 1 amide bonds. The summed E-state index contributed by atoms with van der Waals surface area (Å²) in [6, 6.07) is 0. The summed E-state index contributed by atoms with van der Waals surface area (Å²) in [6.45, 7) is 26.0. The monoisotopic (exact) mass is 1150 g/mol. The number of hydrogen-bond donors (Lipinski definition) is 0. The molecule has 13 atom stereocenters. The van der Waals surface area contributed by atoms with E-state index in [4.69, 9.17) is 9.47 Å². The van der Waals surface area contributed by atoms with Gasteiger partial charge in [0, 0.05) is 42.7 Å². The zero-order valence-electron chi connectivity index (χ0n) is 49.4. The number of carbonyl (C=O) groups excluding carboxylic acids is 3. The number of nitrogens with zero attached hydrogens (tertiary/aromatic N) is 2. The molecule has 75 heavy (non-hydrogen) atoms. The molecule has 8 heteroatoms. The number of unbranched alkanes of at least 4 members (excludes halogenated alkanes) is 1. The Labute approximate surface area is 472 Å². The molecule has 0 N–H and O–H groups in total. The van der Waals surface area contributed by atoms with Crippen LogP contribution in [0.3, 0.4) is 0 Å². The van der Waals surface area contributed by atoms with Crippen LogP contribution in [-0.4, -0.2) is 77.5 Å². The van der Waals surface area contributed by atoms with Gasteiger partial charge in [-0.05, 0) is 199 Å². The molecule has 7 rings (SSSR count). The van der Waals surface area contributed by atoms with Gasteiger partial charge in [-0.3, -0.25) is 14.4 Å². The summed E-state index contributed by atoms with van der Waals surface area (Å²) < 4.78 is 13.1. The first-order valence-corrected chi connectivity index (χ1v) is 32.4. The molecule has 422 valence electrons. The topological polar surface area (TPSA) is 76.1 Å². The normalized spacial score (nSPS) is 33.8. The minimum absolute atomic E-state index is 0.0714. The first-order valence-electron chi connectivity index (χ1n) is 31.2. The maximum Gasteiger partial charge on any atom is 0.307 e. The number of amides is 1.